The highest BCUT2D eigenvalue weighted by Crippen LogP contribution is 2.33. The molecule has 1 aliphatic heterocycles. The molecule has 1 fully saturated rings. The van der Waals surface area contributed by atoms with E-state index in [-0.39, 0.29) is 11.7 Å². The van der Waals surface area contributed by atoms with Gasteiger partial charge in [0.25, 0.3) is 0 Å². The third-order valence-corrected chi connectivity index (χ3v) is 5.64. The number of hydrogen-bond donors (Lipinski definition) is 0. The number of hydrogen-bond acceptors (Lipinski definition) is 6. The number of rotatable bonds is 4. The molecule has 1 atom stereocenters. The van der Waals surface area contributed by atoms with Gasteiger partial charge in [0.05, 0.1) is 5.75 Å². The number of sulfonamides is 1. The number of nitrogens with zero attached hydrogens (tertiary/aromatic N) is 4. The highest BCUT2D eigenvalue weighted by atomic mass is 32.2. The van der Waals surface area contributed by atoms with E-state index in [1.54, 1.807) is 24.5 Å². The van der Waals surface area contributed by atoms with Crippen molar-refractivity contribution in [1.82, 2.24) is 19.4 Å². The van der Waals surface area contributed by atoms with Gasteiger partial charge in [-0.25, -0.2) is 8.42 Å². The SMILES string of the molecule is CC(C)C(c1nc(-c2ccncc2)no1)N1CCCS1(=O)=O. The normalized spacial score (nSPS) is 19.6. The van der Waals surface area contributed by atoms with Crippen molar-refractivity contribution < 1.29 is 12.9 Å². The van der Waals surface area contributed by atoms with E-state index in [9.17, 15) is 8.42 Å². The molecule has 0 amide bonds. The zero-order valence-corrected chi connectivity index (χ0v) is 13.3. The molecule has 3 rings (SSSR count). The minimum absolute atomic E-state index is 0.0404. The quantitative estimate of drug-likeness (QED) is 0.853. The Hall–Kier alpha value is -1.80. The Balaban J connectivity index is 1.95. The summed E-state index contributed by atoms with van der Waals surface area (Å²) in [5, 5.41) is 3.97. The molecule has 1 aliphatic rings. The zero-order valence-electron chi connectivity index (χ0n) is 12.5. The van der Waals surface area contributed by atoms with Crippen molar-refractivity contribution >= 4 is 10.0 Å². The third kappa shape index (κ3) is 2.76. The molecule has 0 aromatic carbocycles. The lowest BCUT2D eigenvalue weighted by Gasteiger charge is -2.26. The summed E-state index contributed by atoms with van der Waals surface area (Å²) in [7, 11) is -3.24. The summed E-state index contributed by atoms with van der Waals surface area (Å²) in [6.07, 6.45) is 3.93. The van der Waals surface area contributed by atoms with Crippen LogP contribution in [0.1, 0.15) is 32.2 Å². The Kier molecular flexibility index (Phi) is 3.96. The van der Waals surface area contributed by atoms with Gasteiger partial charge in [-0.15, -0.1) is 0 Å². The van der Waals surface area contributed by atoms with Crippen molar-refractivity contribution in [1.29, 1.82) is 0 Å². The highest BCUT2D eigenvalue weighted by Gasteiger charge is 2.39. The lowest BCUT2D eigenvalue weighted by atomic mass is 10.0. The van der Waals surface area contributed by atoms with Gasteiger partial charge in [-0.3, -0.25) is 4.98 Å². The maximum Gasteiger partial charge on any atom is 0.245 e. The van der Waals surface area contributed by atoms with Gasteiger partial charge in [0, 0.05) is 24.5 Å². The first-order chi connectivity index (χ1) is 10.5. The second-order valence-electron chi connectivity index (χ2n) is 5.66. The summed E-state index contributed by atoms with van der Waals surface area (Å²) in [4.78, 5) is 8.35. The van der Waals surface area contributed by atoms with E-state index in [0.29, 0.717) is 24.7 Å². The Morgan fingerprint density at radius 2 is 2.00 bits per heavy atom. The first-order valence-corrected chi connectivity index (χ1v) is 8.83. The van der Waals surface area contributed by atoms with E-state index >= 15 is 0 Å². The second kappa shape index (κ2) is 5.77. The van der Waals surface area contributed by atoms with Crippen molar-refractivity contribution in [3.8, 4) is 11.4 Å². The Bertz CT molecular complexity index is 742. The largest absolute Gasteiger partial charge is 0.337 e. The first-order valence-electron chi connectivity index (χ1n) is 7.22. The molecular formula is C14H18N4O3S. The lowest BCUT2D eigenvalue weighted by Crippen LogP contribution is -2.33. The molecule has 118 valence electrons. The Morgan fingerprint density at radius 3 is 2.59 bits per heavy atom. The van der Waals surface area contributed by atoms with Gasteiger partial charge in [0.15, 0.2) is 0 Å². The van der Waals surface area contributed by atoms with Crippen LogP contribution in [0.5, 0.6) is 0 Å². The van der Waals surface area contributed by atoms with Crippen LogP contribution >= 0.6 is 0 Å². The maximum atomic E-state index is 12.2. The molecule has 1 saturated heterocycles. The second-order valence-corrected chi connectivity index (χ2v) is 7.70. The average Bonchev–Trinajstić information content (AvgIpc) is 3.08. The van der Waals surface area contributed by atoms with Crippen LogP contribution in [0.25, 0.3) is 11.4 Å². The van der Waals surface area contributed by atoms with Crippen LogP contribution in [0.15, 0.2) is 29.0 Å². The van der Waals surface area contributed by atoms with E-state index < -0.39 is 16.1 Å². The molecule has 0 bridgehead atoms. The van der Waals surface area contributed by atoms with Crippen LogP contribution in [0, 0.1) is 5.92 Å². The van der Waals surface area contributed by atoms with E-state index in [2.05, 4.69) is 15.1 Å². The topological polar surface area (TPSA) is 89.2 Å². The van der Waals surface area contributed by atoms with Crippen molar-refractivity contribution in [2.24, 2.45) is 5.92 Å². The van der Waals surface area contributed by atoms with Gasteiger partial charge in [0.1, 0.15) is 6.04 Å². The molecule has 8 heteroatoms. The molecule has 22 heavy (non-hydrogen) atoms. The van der Waals surface area contributed by atoms with E-state index in [1.807, 2.05) is 13.8 Å². The molecule has 0 saturated carbocycles. The van der Waals surface area contributed by atoms with Crippen LogP contribution < -0.4 is 0 Å². The standard InChI is InChI=1S/C14H18N4O3S/c1-10(2)12(18-8-3-9-22(18,19)20)14-16-13(17-21-14)11-4-6-15-7-5-11/h4-7,10,12H,3,8-9H2,1-2H3. The molecule has 3 heterocycles. The summed E-state index contributed by atoms with van der Waals surface area (Å²) in [6, 6.07) is 3.15. The minimum atomic E-state index is -3.24. The van der Waals surface area contributed by atoms with Crippen molar-refractivity contribution in [2.75, 3.05) is 12.3 Å². The molecule has 0 radical (unpaired) electrons. The van der Waals surface area contributed by atoms with Gasteiger partial charge < -0.3 is 4.52 Å². The zero-order chi connectivity index (χ0) is 15.7. The number of aromatic nitrogens is 3. The van der Waals surface area contributed by atoms with Crippen LogP contribution in [-0.2, 0) is 10.0 Å². The van der Waals surface area contributed by atoms with Gasteiger partial charge in [-0.05, 0) is 24.5 Å². The van der Waals surface area contributed by atoms with E-state index in [1.165, 1.54) is 4.31 Å². The van der Waals surface area contributed by atoms with Crippen molar-refractivity contribution in [3.63, 3.8) is 0 Å². The molecular weight excluding hydrogens is 304 g/mol. The van der Waals surface area contributed by atoms with Gasteiger partial charge >= 0.3 is 0 Å². The van der Waals surface area contributed by atoms with Crippen LogP contribution in [0.3, 0.4) is 0 Å². The molecule has 2 aromatic heterocycles. The molecule has 7 nitrogen and oxygen atoms in total. The minimum Gasteiger partial charge on any atom is -0.337 e. The summed E-state index contributed by atoms with van der Waals surface area (Å²) in [5.74, 6) is 1.01. The maximum absolute atomic E-state index is 12.2. The summed E-state index contributed by atoms with van der Waals surface area (Å²) >= 11 is 0. The van der Waals surface area contributed by atoms with Gasteiger partial charge in [-0.1, -0.05) is 19.0 Å². The van der Waals surface area contributed by atoms with Crippen LogP contribution in [-0.4, -0.2) is 40.1 Å². The van der Waals surface area contributed by atoms with Gasteiger partial charge in [0.2, 0.25) is 21.7 Å². The van der Waals surface area contributed by atoms with E-state index in [0.717, 1.165) is 5.56 Å². The molecule has 2 aromatic rings. The predicted octanol–water partition coefficient (Wildman–Crippen LogP) is 1.86. The molecule has 0 N–H and O–H groups in total. The monoisotopic (exact) mass is 322 g/mol. The smallest absolute Gasteiger partial charge is 0.245 e. The molecule has 1 unspecified atom stereocenters. The van der Waals surface area contributed by atoms with Crippen LogP contribution in [0.4, 0.5) is 0 Å². The molecule has 0 spiro atoms. The third-order valence-electron chi connectivity index (χ3n) is 3.71. The Morgan fingerprint density at radius 1 is 1.27 bits per heavy atom. The average molecular weight is 322 g/mol. The summed E-state index contributed by atoms with van der Waals surface area (Å²) in [5.41, 5.74) is 0.789. The van der Waals surface area contributed by atoms with E-state index in [4.69, 9.17) is 4.52 Å². The van der Waals surface area contributed by atoms with Crippen molar-refractivity contribution in [3.05, 3.63) is 30.4 Å². The fourth-order valence-corrected chi connectivity index (χ4v) is 4.50. The van der Waals surface area contributed by atoms with Crippen LogP contribution in [0.2, 0.25) is 0 Å². The highest BCUT2D eigenvalue weighted by molar-refractivity contribution is 7.89. The fraction of sp³-hybridized carbons (Fsp3) is 0.500. The summed E-state index contributed by atoms with van der Waals surface area (Å²) in [6.45, 7) is 4.40. The first kappa shape index (κ1) is 15.1. The fourth-order valence-electron chi connectivity index (χ4n) is 2.69. The lowest BCUT2D eigenvalue weighted by molar-refractivity contribution is 0.214. The van der Waals surface area contributed by atoms with Gasteiger partial charge in [-0.2, -0.15) is 9.29 Å². The number of pyridine rings is 1. The predicted molar refractivity (Wildman–Crippen MR) is 80.2 cm³/mol. The van der Waals surface area contributed by atoms with Crippen molar-refractivity contribution in [2.45, 2.75) is 26.3 Å². The summed E-state index contributed by atoms with van der Waals surface area (Å²) < 4.78 is 31.2. The Labute approximate surface area is 129 Å². The molecule has 0 aliphatic carbocycles.